The van der Waals surface area contributed by atoms with Crippen molar-refractivity contribution in [1.29, 1.82) is 0 Å². The van der Waals surface area contributed by atoms with Crippen LogP contribution in [0.3, 0.4) is 0 Å². The highest BCUT2D eigenvalue weighted by molar-refractivity contribution is 7.84. The second kappa shape index (κ2) is 7.41. The SMILES string of the molecule is CC(C)(C)OC(=O)N1CCC2(CC1)Cc1ncccc1[C@@H]2NS(=O)C(C)(C)C. The van der Waals surface area contributed by atoms with E-state index in [-0.39, 0.29) is 22.3 Å². The van der Waals surface area contributed by atoms with Crippen LogP contribution in [-0.4, -0.2) is 43.6 Å². The van der Waals surface area contributed by atoms with Crippen LogP contribution in [0, 0.1) is 5.41 Å². The molecule has 0 saturated carbocycles. The van der Waals surface area contributed by atoms with E-state index in [1.54, 1.807) is 4.90 Å². The van der Waals surface area contributed by atoms with Gasteiger partial charge in [-0.25, -0.2) is 13.7 Å². The van der Waals surface area contributed by atoms with Crippen LogP contribution in [0.5, 0.6) is 0 Å². The third-order valence-electron chi connectivity index (χ3n) is 5.56. The van der Waals surface area contributed by atoms with Gasteiger partial charge in [0.15, 0.2) is 0 Å². The fourth-order valence-electron chi connectivity index (χ4n) is 4.03. The summed E-state index contributed by atoms with van der Waals surface area (Å²) in [6, 6.07) is 4.02. The van der Waals surface area contributed by atoms with Gasteiger partial charge in [0.1, 0.15) is 5.60 Å². The standard InChI is InChI=1S/C21H33N3O3S/c1-19(2,3)27-18(25)24-12-9-21(10-13-24)14-16-15(8-7-11-22-16)17(21)23-28(26)20(4,5)6/h7-8,11,17,23H,9-10,12-14H2,1-6H3/t17-,28?/m0/s1. The van der Waals surface area contributed by atoms with Crippen LogP contribution >= 0.6 is 0 Å². The van der Waals surface area contributed by atoms with Gasteiger partial charge in [-0.1, -0.05) is 6.07 Å². The number of carbonyl (C=O) groups is 1. The van der Waals surface area contributed by atoms with E-state index in [0.717, 1.165) is 30.5 Å². The smallest absolute Gasteiger partial charge is 0.410 e. The van der Waals surface area contributed by atoms with E-state index in [0.29, 0.717) is 13.1 Å². The minimum atomic E-state index is -1.18. The van der Waals surface area contributed by atoms with E-state index in [4.69, 9.17) is 4.74 Å². The molecular formula is C21H33N3O3S. The summed E-state index contributed by atoms with van der Waals surface area (Å²) in [5.74, 6) is 0. The number of hydrogen-bond donors (Lipinski definition) is 1. The van der Waals surface area contributed by atoms with Crippen LogP contribution in [0.25, 0.3) is 0 Å². The van der Waals surface area contributed by atoms with E-state index in [1.807, 2.05) is 53.8 Å². The van der Waals surface area contributed by atoms with Gasteiger partial charge in [0.25, 0.3) is 0 Å². The van der Waals surface area contributed by atoms with E-state index >= 15 is 0 Å². The quantitative estimate of drug-likeness (QED) is 0.810. The number of fused-ring (bicyclic) bond motifs is 1. The molecule has 1 aromatic rings. The highest BCUT2D eigenvalue weighted by Crippen LogP contribution is 2.51. The van der Waals surface area contributed by atoms with Crippen LogP contribution in [0.4, 0.5) is 4.79 Å². The molecule has 7 heteroatoms. The number of nitrogens with zero attached hydrogens (tertiary/aromatic N) is 2. The maximum absolute atomic E-state index is 12.9. The lowest BCUT2D eigenvalue weighted by molar-refractivity contribution is 0.00719. The van der Waals surface area contributed by atoms with Crippen molar-refractivity contribution in [3.63, 3.8) is 0 Å². The van der Waals surface area contributed by atoms with Gasteiger partial charge < -0.3 is 9.64 Å². The molecule has 1 unspecified atom stereocenters. The largest absolute Gasteiger partial charge is 0.444 e. The zero-order chi connectivity index (χ0) is 20.7. The van der Waals surface area contributed by atoms with E-state index in [1.165, 1.54) is 0 Å². The number of nitrogens with one attached hydrogen (secondary N) is 1. The molecular weight excluding hydrogens is 374 g/mol. The van der Waals surface area contributed by atoms with Gasteiger partial charge in [-0.15, -0.1) is 0 Å². The van der Waals surface area contributed by atoms with Gasteiger partial charge >= 0.3 is 6.09 Å². The third kappa shape index (κ3) is 4.40. The van der Waals surface area contributed by atoms with Crippen molar-refractivity contribution < 1.29 is 13.7 Å². The number of ether oxygens (including phenoxy) is 1. The molecule has 0 bridgehead atoms. The first-order valence-corrected chi connectivity index (χ1v) is 11.2. The Bertz CT molecular complexity index is 759. The monoisotopic (exact) mass is 407 g/mol. The highest BCUT2D eigenvalue weighted by atomic mass is 32.2. The number of piperidine rings is 1. The molecule has 0 radical (unpaired) electrons. The lowest BCUT2D eigenvalue weighted by Crippen LogP contribution is -2.49. The van der Waals surface area contributed by atoms with Crippen LogP contribution < -0.4 is 4.72 Å². The molecule has 1 N–H and O–H groups in total. The first kappa shape index (κ1) is 21.2. The van der Waals surface area contributed by atoms with Gasteiger partial charge in [-0.05, 0) is 77.8 Å². The molecule has 1 fully saturated rings. The number of likely N-dealkylation sites (tertiary alicyclic amines) is 1. The first-order valence-electron chi connectivity index (χ1n) is 10.0. The topological polar surface area (TPSA) is 71.5 Å². The van der Waals surface area contributed by atoms with Crippen molar-refractivity contribution in [2.24, 2.45) is 5.41 Å². The zero-order valence-corrected chi connectivity index (χ0v) is 18.7. The van der Waals surface area contributed by atoms with Crippen LogP contribution in [0.15, 0.2) is 18.3 Å². The Morgan fingerprint density at radius 3 is 2.46 bits per heavy atom. The van der Waals surface area contributed by atoms with E-state index < -0.39 is 16.6 Å². The maximum Gasteiger partial charge on any atom is 0.410 e. The van der Waals surface area contributed by atoms with Crippen LogP contribution in [0.2, 0.25) is 0 Å². The molecule has 1 amide bonds. The summed E-state index contributed by atoms with van der Waals surface area (Å²) in [5.41, 5.74) is 1.66. The van der Waals surface area contributed by atoms with Crippen molar-refractivity contribution in [3.8, 4) is 0 Å². The summed E-state index contributed by atoms with van der Waals surface area (Å²) < 4.78 is 21.5. The molecule has 3 rings (SSSR count). The number of carbonyl (C=O) groups excluding carboxylic acids is 1. The number of aromatic nitrogens is 1. The lowest BCUT2D eigenvalue weighted by atomic mass is 9.73. The molecule has 1 aromatic heterocycles. The molecule has 28 heavy (non-hydrogen) atoms. The Hall–Kier alpha value is -1.47. The van der Waals surface area contributed by atoms with Gasteiger partial charge in [-0.2, -0.15) is 0 Å². The van der Waals surface area contributed by atoms with Crippen molar-refractivity contribution in [1.82, 2.24) is 14.6 Å². The van der Waals surface area contributed by atoms with Crippen molar-refractivity contribution in [2.75, 3.05) is 13.1 Å². The average Bonchev–Trinajstić information content (AvgIpc) is 2.86. The van der Waals surface area contributed by atoms with Crippen molar-refractivity contribution in [2.45, 2.75) is 77.2 Å². The summed E-state index contributed by atoms with van der Waals surface area (Å²) >= 11 is 0. The molecule has 1 spiro atoms. The summed E-state index contributed by atoms with van der Waals surface area (Å²) in [6.45, 7) is 12.9. The van der Waals surface area contributed by atoms with Crippen molar-refractivity contribution in [3.05, 3.63) is 29.6 Å². The Balaban J connectivity index is 1.79. The van der Waals surface area contributed by atoms with Crippen molar-refractivity contribution >= 4 is 17.1 Å². The molecule has 156 valence electrons. The average molecular weight is 408 g/mol. The normalized spacial score (nSPS) is 22.8. The second-order valence-electron chi connectivity index (χ2n) is 9.98. The van der Waals surface area contributed by atoms with Gasteiger partial charge in [0, 0.05) is 25.0 Å². The van der Waals surface area contributed by atoms with Gasteiger partial charge in [0.05, 0.1) is 21.8 Å². The highest BCUT2D eigenvalue weighted by Gasteiger charge is 2.50. The number of pyridine rings is 1. The summed E-state index contributed by atoms with van der Waals surface area (Å²) in [4.78, 5) is 18.8. The fourth-order valence-corrected chi connectivity index (χ4v) is 4.97. The van der Waals surface area contributed by atoms with Crippen LogP contribution in [-0.2, 0) is 22.1 Å². The lowest BCUT2D eigenvalue weighted by Gasteiger charge is -2.43. The third-order valence-corrected chi connectivity index (χ3v) is 7.12. The predicted octanol–water partition coefficient (Wildman–Crippen LogP) is 3.75. The summed E-state index contributed by atoms with van der Waals surface area (Å²) in [6.07, 6.45) is 4.10. The zero-order valence-electron chi connectivity index (χ0n) is 17.9. The molecule has 6 nitrogen and oxygen atoms in total. The fraction of sp³-hybridized carbons (Fsp3) is 0.714. The molecule has 2 heterocycles. The minimum absolute atomic E-state index is 0.0166. The van der Waals surface area contributed by atoms with E-state index in [2.05, 4.69) is 15.8 Å². The molecule has 1 aliphatic heterocycles. The van der Waals surface area contributed by atoms with E-state index in [9.17, 15) is 9.00 Å². The maximum atomic E-state index is 12.9. The Kier molecular flexibility index (Phi) is 5.62. The number of rotatable bonds is 2. The second-order valence-corrected chi connectivity index (χ2v) is 12.0. The Morgan fingerprint density at radius 1 is 1.25 bits per heavy atom. The first-order chi connectivity index (χ1) is 12.9. The summed E-state index contributed by atoms with van der Waals surface area (Å²) in [7, 11) is -1.18. The Labute approximate surface area is 171 Å². The van der Waals surface area contributed by atoms with Crippen LogP contribution in [0.1, 0.15) is 71.7 Å². The summed E-state index contributed by atoms with van der Waals surface area (Å²) in [5, 5.41) is 0. The molecule has 1 saturated heterocycles. The van der Waals surface area contributed by atoms with Gasteiger partial charge in [-0.3, -0.25) is 4.98 Å². The Morgan fingerprint density at radius 2 is 1.89 bits per heavy atom. The molecule has 2 atom stereocenters. The minimum Gasteiger partial charge on any atom is -0.444 e. The predicted molar refractivity (Wildman–Crippen MR) is 111 cm³/mol. The molecule has 0 aromatic carbocycles. The number of amides is 1. The molecule has 2 aliphatic rings. The number of hydrogen-bond acceptors (Lipinski definition) is 4. The molecule has 1 aliphatic carbocycles. The van der Waals surface area contributed by atoms with Gasteiger partial charge in [0.2, 0.25) is 0 Å².